The maximum Gasteiger partial charge on any atom is 0.335 e. The van der Waals surface area contributed by atoms with Crippen LogP contribution in [0.4, 0.5) is 0 Å². The molecule has 0 bridgehead atoms. The van der Waals surface area contributed by atoms with Crippen LogP contribution >= 0.6 is 11.6 Å². The van der Waals surface area contributed by atoms with Crippen LogP contribution in [-0.2, 0) is 0 Å². The molecule has 2 aromatic heterocycles. The zero-order valence-corrected chi connectivity index (χ0v) is 11.5. The lowest BCUT2D eigenvalue weighted by Crippen LogP contribution is -2.03. The molecule has 6 heteroatoms. The van der Waals surface area contributed by atoms with Crippen LogP contribution in [0.15, 0.2) is 54.9 Å². The Bertz CT molecular complexity index is 800. The summed E-state index contributed by atoms with van der Waals surface area (Å²) in [7, 11) is 0. The van der Waals surface area contributed by atoms with Gasteiger partial charge in [0.1, 0.15) is 5.15 Å². The highest BCUT2D eigenvalue weighted by Gasteiger charge is 2.10. The fraction of sp³-hybridized carbons (Fsp3) is 0. The van der Waals surface area contributed by atoms with Crippen molar-refractivity contribution in [3.63, 3.8) is 0 Å². The van der Waals surface area contributed by atoms with Crippen molar-refractivity contribution in [3.05, 3.63) is 65.6 Å². The van der Waals surface area contributed by atoms with E-state index in [0.717, 1.165) is 11.1 Å². The third kappa shape index (κ3) is 2.78. The summed E-state index contributed by atoms with van der Waals surface area (Å²) in [5, 5.41) is 13.4. The van der Waals surface area contributed by atoms with E-state index in [1.807, 2.05) is 30.3 Å². The van der Waals surface area contributed by atoms with Gasteiger partial charge in [-0.15, -0.1) is 0 Å². The van der Waals surface area contributed by atoms with Crippen molar-refractivity contribution in [1.29, 1.82) is 0 Å². The maximum absolute atomic E-state index is 11.0. The largest absolute Gasteiger partial charge is 0.478 e. The summed E-state index contributed by atoms with van der Waals surface area (Å²) in [6.45, 7) is 0. The van der Waals surface area contributed by atoms with Gasteiger partial charge in [0.25, 0.3) is 0 Å². The van der Waals surface area contributed by atoms with Crippen molar-refractivity contribution in [1.82, 2.24) is 14.8 Å². The van der Waals surface area contributed by atoms with Gasteiger partial charge in [0.2, 0.25) is 0 Å². The molecule has 0 unspecified atom stereocenters. The lowest BCUT2D eigenvalue weighted by atomic mass is 10.1. The average Bonchev–Trinajstić information content (AvgIpc) is 2.97. The van der Waals surface area contributed by atoms with Crippen LogP contribution in [0.3, 0.4) is 0 Å². The topological polar surface area (TPSA) is 68.0 Å². The molecule has 0 aliphatic carbocycles. The Labute approximate surface area is 125 Å². The first-order valence-corrected chi connectivity index (χ1v) is 6.52. The Morgan fingerprint density at radius 3 is 2.62 bits per heavy atom. The smallest absolute Gasteiger partial charge is 0.335 e. The number of pyridine rings is 1. The molecule has 0 saturated carbocycles. The van der Waals surface area contributed by atoms with E-state index in [4.69, 9.17) is 16.7 Å². The van der Waals surface area contributed by atoms with E-state index in [1.54, 1.807) is 12.4 Å². The number of halogens is 1. The van der Waals surface area contributed by atoms with Crippen LogP contribution in [0.2, 0.25) is 5.15 Å². The quantitative estimate of drug-likeness (QED) is 0.754. The number of hydrogen-bond donors (Lipinski definition) is 1. The van der Waals surface area contributed by atoms with Crippen molar-refractivity contribution >= 4 is 17.6 Å². The van der Waals surface area contributed by atoms with E-state index >= 15 is 0 Å². The Morgan fingerprint density at radius 1 is 1.14 bits per heavy atom. The molecule has 1 N–H and O–H groups in total. The van der Waals surface area contributed by atoms with Crippen LogP contribution in [0.1, 0.15) is 10.4 Å². The SMILES string of the molecule is O=C(O)c1cc(Cl)nc(-n2cc(-c3ccccc3)cn2)c1. The molecule has 104 valence electrons. The van der Waals surface area contributed by atoms with Gasteiger partial charge in [-0.05, 0) is 17.7 Å². The molecule has 3 aromatic rings. The maximum atomic E-state index is 11.0. The number of carboxylic acid groups (broad SMARTS) is 1. The minimum Gasteiger partial charge on any atom is -0.478 e. The van der Waals surface area contributed by atoms with Crippen LogP contribution in [0.5, 0.6) is 0 Å². The van der Waals surface area contributed by atoms with E-state index in [-0.39, 0.29) is 10.7 Å². The van der Waals surface area contributed by atoms with Gasteiger partial charge in [0.05, 0.1) is 11.8 Å². The summed E-state index contributed by atoms with van der Waals surface area (Å²) in [6, 6.07) is 12.5. The lowest BCUT2D eigenvalue weighted by molar-refractivity contribution is 0.0696. The fourth-order valence-electron chi connectivity index (χ4n) is 1.95. The first-order chi connectivity index (χ1) is 10.1. The zero-order valence-electron chi connectivity index (χ0n) is 10.8. The molecule has 0 aliphatic rings. The lowest BCUT2D eigenvalue weighted by Gasteiger charge is -2.03. The Balaban J connectivity index is 2.02. The number of rotatable bonds is 3. The third-order valence-corrected chi connectivity index (χ3v) is 3.15. The third-order valence-electron chi connectivity index (χ3n) is 2.95. The van der Waals surface area contributed by atoms with Gasteiger partial charge in [-0.25, -0.2) is 14.5 Å². The van der Waals surface area contributed by atoms with Gasteiger partial charge in [-0.1, -0.05) is 41.9 Å². The first-order valence-electron chi connectivity index (χ1n) is 6.15. The number of aromatic nitrogens is 3. The predicted octanol–water partition coefficient (Wildman–Crippen LogP) is 3.29. The van der Waals surface area contributed by atoms with Crippen molar-refractivity contribution in [3.8, 4) is 16.9 Å². The normalized spacial score (nSPS) is 10.5. The minimum absolute atomic E-state index is 0.0711. The Hall–Kier alpha value is -2.66. The van der Waals surface area contributed by atoms with Crippen LogP contribution in [0.25, 0.3) is 16.9 Å². The molecule has 0 aliphatic heterocycles. The summed E-state index contributed by atoms with van der Waals surface area (Å²) in [5.41, 5.74) is 2.00. The second-order valence-electron chi connectivity index (χ2n) is 4.38. The molecule has 0 saturated heterocycles. The van der Waals surface area contributed by atoms with Crippen LogP contribution in [-0.4, -0.2) is 25.8 Å². The molecule has 21 heavy (non-hydrogen) atoms. The van der Waals surface area contributed by atoms with Crippen molar-refractivity contribution in [2.75, 3.05) is 0 Å². The summed E-state index contributed by atoms with van der Waals surface area (Å²) in [4.78, 5) is 15.1. The Kier molecular flexibility index (Phi) is 3.41. The van der Waals surface area contributed by atoms with Gasteiger partial charge in [0.15, 0.2) is 5.82 Å². The van der Waals surface area contributed by atoms with Crippen molar-refractivity contribution < 1.29 is 9.90 Å². The molecule has 0 radical (unpaired) electrons. The molecule has 0 spiro atoms. The summed E-state index contributed by atoms with van der Waals surface area (Å²) in [6.07, 6.45) is 3.47. The number of carboxylic acids is 1. The molecule has 3 rings (SSSR count). The van der Waals surface area contributed by atoms with Crippen LogP contribution < -0.4 is 0 Å². The van der Waals surface area contributed by atoms with E-state index < -0.39 is 5.97 Å². The number of benzene rings is 1. The molecular weight excluding hydrogens is 290 g/mol. The Morgan fingerprint density at radius 2 is 1.90 bits per heavy atom. The minimum atomic E-state index is -1.06. The second kappa shape index (κ2) is 5.38. The molecule has 0 fully saturated rings. The standard InChI is InChI=1S/C15H10ClN3O2/c16-13-6-11(15(20)21)7-14(18-13)19-9-12(8-17-19)10-4-2-1-3-5-10/h1-9H,(H,20,21). The first kappa shape index (κ1) is 13.3. The molecule has 1 aromatic carbocycles. The van der Waals surface area contributed by atoms with E-state index in [2.05, 4.69) is 10.1 Å². The number of aromatic carboxylic acids is 1. The predicted molar refractivity (Wildman–Crippen MR) is 78.8 cm³/mol. The monoisotopic (exact) mass is 299 g/mol. The summed E-state index contributed by atoms with van der Waals surface area (Å²) >= 11 is 5.85. The van der Waals surface area contributed by atoms with Gasteiger partial charge in [0, 0.05) is 11.8 Å². The van der Waals surface area contributed by atoms with Crippen molar-refractivity contribution in [2.24, 2.45) is 0 Å². The highest BCUT2D eigenvalue weighted by atomic mass is 35.5. The zero-order chi connectivity index (χ0) is 14.8. The van der Waals surface area contributed by atoms with Crippen LogP contribution in [0, 0.1) is 0 Å². The fourth-order valence-corrected chi connectivity index (χ4v) is 2.16. The number of carbonyl (C=O) groups is 1. The molecule has 0 atom stereocenters. The number of nitrogens with zero attached hydrogens (tertiary/aromatic N) is 3. The van der Waals surface area contributed by atoms with E-state index in [0.29, 0.717) is 5.82 Å². The van der Waals surface area contributed by atoms with Gasteiger partial charge in [-0.2, -0.15) is 5.10 Å². The van der Waals surface area contributed by atoms with E-state index in [1.165, 1.54) is 16.8 Å². The summed E-state index contributed by atoms with van der Waals surface area (Å²) < 4.78 is 1.50. The van der Waals surface area contributed by atoms with Crippen molar-refractivity contribution in [2.45, 2.75) is 0 Å². The van der Waals surface area contributed by atoms with Gasteiger partial charge in [-0.3, -0.25) is 0 Å². The number of hydrogen-bond acceptors (Lipinski definition) is 3. The highest BCUT2D eigenvalue weighted by molar-refractivity contribution is 6.29. The highest BCUT2D eigenvalue weighted by Crippen LogP contribution is 2.20. The second-order valence-corrected chi connectivity index (χ2v) is 4.77. The molecule has 2 heterocycles. The summed E-state index contributed by atoms with van der Waals surface area (Å²) in [5.74, 6) is -0.696. The molecular formula is C15H10ClN3O2. The van der Waals surface area contributed by atoms with Gasteiger partial charge >= 0.3 is 5.97 Å². The van der Waals surface area contributed by atoms with E-state index in [9.17, 15) is 4.79 Å². The average molecular weight is 300 g/mol. The molecule has 5 nitrogen and oxygen atoms in total. The van der Waals surface area contributed by atoms with Gasteiger partial charge < -0.3 is 5.11 Å². The molecule has 0 amide bonds.